The maximum atomic E-state index is 5.30. The molecule has 0 aromatic heterocycles. The van der Waals surface area contributed by atoms with Gasteiger partial charge in [-0.25, -0.2) is 0 Å². The van der Waals surface area contributed by atoms with Gasteiger partial charge in [-0.1, -0.05) is 49.1 Å². The van der Waals surface area contributed by atoms with Gasteiger partial charge in [-0.2, -0.15) is 0 Å². The zero-order valence-corrected chi connectivity index (χ0v) is 9.07. The summed E-state index contributed by atoms with van der Waals surface area (Å²) in [5, 5.41) is 0. The van der Waals surface area contributed by atoms with E-state index >= 15 is 0 Å². The van der Waals surface area contributed by atoms with Gasteiger partial charge in [-0.3, -0.25) is 0 Å². The van der Waals surface area contributed by atoms with Crippen molar-refractivity contribution in [3.05, 3.63) is 48.0 Å². The zero-order valence-electron chi connectivity index (χ0n) is 9.07. The van der Waals surface area contributed by atoms with Gasteiger partial charge >= 0.3 is 0 Å². The van der Waals surface area contributed by atoms with E-state index in [1.165, 1.54) is 0 Å². The fraction of sp³-hybridized carbons (Fsp3) is 0.286. The smallest absolute Gasteiger partial charge is 0.108 e. The van der Waals surface area contributed by atoms with Crippen molar-refractivity contribution in [1.29, 1.82) is 0 Å². The summed E-state index contributed by atoms with van der Waals surface area (Å²) in [4.78, 5) is 0. The van der Waals surface area contributed by atoms with Crippen LogP contribution < -0.4 is 0 Å². The van der Waals surface area contributed by atoms with Gasteiger partial charge in [-0.15, -0.1) is 0 Å². The molecule has 1 rings (SSSR count). The molecule has 0 bridgehead atoms. The Balaban J connectivity index is 2.20. The van der Waals surface area contributed by atoms with E-state index < -0.39 is 0 Å². The number of allylic oxidation sites excluding steroid dienone is 1. The van der Waals surface area contributed by atoms with Gasteiger partial charge in [0.15, 0.2) is 0 Å². The molecular formula is C14H16O. The number of benzene rings is 1. The van der Waals surface area contributed by atoms with Crippen LogP contribution in [0.5, 0.6) is 0 Å². The number of hydrogen-bond acceptors (Lipinski definition) is 1. The Morgan fingerprint density at radius 3 is 2.73 bits per heavy atom. The Morgan fingerprint density at radius 2 is 2.00 bits per heavy atom. The lowest BCUT2D eigenvalue weighted by atomic mass is 10.2. The summed E-state index contributed by atoms with van der Waals surface area (Å²) in [6, 6.07) is 9.93. The minimum Gasteiger partial charge on any atom is -0.365 e. The molecule has 0 heterocycles. The Hall–Kier alpha value is -1.52. The summed E-state index contributed by atoms with van der Waals surface area (Å²) < 4.78 is 5.30. The molecule has 0 N–H and O–H groups in total. The SMILES string of the molecule is CC/C=C\COCC#Cc1ccccc1. The van der Waals surface area contributed by atoms with Crippen LogP contribution in [0.2, 0.25) is 0 Å². The largest absolute Gasteiger partial charge is 0.365 e. The first-order valence-electron chi connectivity index (χ1n) is 5.20. The maximum absolute atomic E-state index is 5.30. The van der Waals surface area contributed by atoms with Crippen molar-refractivity contribution >= 4 is 0 Å². The minimum absolute atomic E-state index is 0.489. The third kappa shape index (κ3) is 5.72. The summed E-state index contributed by atoms with van der Waals surface area (Å²) in [5.74, 6) is 6.01. The highest BCUT2D eigenvalue weighted by Gasteiger charge is 1.81. The molecule has 0 atom stereocenters. The van der Waals surface area contributed by atoms with Gasteiger partial charge in [-0.05, 0) is 18.6 Å². The second-order valence-corrected chi connectivity index (χ2v) is 3.06. The van der Waals surface area contributed by atoms with Crippen molar-refractivity contribution in [1.82, 2.24) is 0 Å². The van der Waals surface area contributed by atoms with Crippen molar-refractivity contribution in [2.45, 2.75) is 13.3 Å². The van der Waals surface area contributed by atoms with Crippen LogP contribution in [-0.4, -0.2) is 13.2 Å². The average molecular weight is 200 g/mol. The molecule has 0 saturated heterocycles. The number of ether oxygens (including phenoxy) is 1. The lowest BCUT2D eigenvalue weighted by molar-refractivity contribution is 0.199. The third-order valence-corrected chi connectivity index (χ3v) is 1.80. The topological polar surface area (TPSA) is 9.23 Å². The first-order valence-corrected chi connectivity index (χ1v) is 5.20. The van der Waals surface area contributed by atoms with Gasteiger partial charge in [0, 0.05) is 5.56 Å². The molecule has 15 heavy (non-hydrogen) atoms. The summed E-state index contributed by atoms with van der Waals surface area (Å²) in [6.07, 6.45) is 5.16. The third-order valence-electron chi connectivity index (χ3n) is 1.80. The molecule has 0 aliphatic heterocycles. The van der Waals surface area contributed by atoms with Crippen LogP contribution >= 0.6 is 0 Å². The van der Waals surface area contributed by atoms with Gasteiger partial charge in [0.05, 0.1) is 6.61 Å². The van der Waals surface area contributed by atoms with Crippen molar-refractivity contribution in [3.63, 3.8) is 0 Å². The molecule has 1 nitrogen and oxygen atoms in total. The standard InChI is InChI=1S/C14H16O/c1-2-3-7-12-15-13-8-11-14-9-5-4-6-10-14/h3-7,9-10H,2,12-13H2,1H3/b7-3-. The van der Waals surface area contributed by atoms with E-state index in [1.54, 1.807) is 0 Å². The number of rotatable bonds is 4. The van der Waals surface area contributed by atoms with E-state index in [4.69, 9.17) is 4.74 Å². The van der Waals surface area contributed by atoms with E-state index in [-0.39, 0.29) is 0 Å². The second-order valence-electron chi connectivity index (χ2n) is 3.06. The summed E-state index contributed by atoms with van der Waals surface area (Å²) >= 11 is 0. The Morgan fingerprint density at radius 1 is 1.20 bits per heavy atom. The Bertz CT molecular complexity index is 341. The van der Waals surface area contributed by atoms with E-state index in [2.05, 4.69) is 24.8 Å². The number of hydrogen-bond donors (Lipinski definition) is 0. The van der Waals surface area contributed by atoms with Gasteiger partial charge in [0.1, 0.15) is 6.61 Å². The highest BCUT2D eigenvalue weighted by atomic mass is 16.5. The molecule has 78 valence electrons. The normalized spacial score (nSPS) is 9.93. The van der Waals surface area contributed by atoms with Crippen LogP contribution in [0.3, 0.4) is 0 Å². The lowest BCUT2D eigenvalue weighted by Gasteiger charge is -1.92. The average Bonchev–Trinajstić information content (AvgIpc) is 2.29. The van der Waals surface area contributed by atoms with Crippen LogP contribution in [-0.2, 0) is 4.74 Å². The van der Waals surface area contributed by atoms with Gasteiger partial charge in [0.2, 0.25) is 0 Å². The summed E-state index contributed by atoms with van der Waals surface area (Å²) in [7, 11) is 0. The molecule has 0 unspecified atom stereocenters. The highest BCUT2D eigenvalue weighted by Crippen LogP contribution is 1.94. The van der Waals surface area contributed by atoms with Crippen LogP contribution in [0.15, 0.2) is 42.5 Å². The van der Waals surface area contributed by atoms with E-state index in [0.717, 1.165) is 12.0 Å². The first-order chi connectivity index (χ1) is 7.43. The first kappa shape index (κ1) is 11.6. The molecular weight excluding hydrogens is 184 g/mol. The van der Waals surface area contributed by atoms with Crippen LogP contribution in [0.25, 0.3) is 0 Å². The zero-order chi connectivity index (χ0) is 10.8. The van der Waals surface area contributed by atoms with E-state index in [0.29, 0.717) is 13.2 Å². The van der Waals surface area contributed by atoms with Crippen molar-refractivity contribution in [2.24, 2.45) is 0 Å². The molecule has 0 aliphatic rings. The fourth-order valence-electron chi connectivity index (χ4n) is 1.07. The van der Waals surface area contributed by atoms with E-state index in [9.17, 15) is 0 Å². The molecule has 0 saturated carbocycles. The minimum atomic E-state index is 0.489. The molecule has 0 spiro atoms. The van der Waals surface area contributed by atoms with E-state index in [1.807, 2.05) is 36.4 Å². The fourth-order valence-corrected chi connectivity index (χ4v) is 1.07. The quantitative estimate of drug-likeness (QED) is 0.412. The second kappa shape index (κ2) is 7.84. The monoisotopic (exact) mass is 200 g/mol. The van der Waals surface area contributed by atoms with Gasteiger partial charge < -0.3 is 4.74 Å². The molecule has 1 heteroatoms. The Labute approximate surface area is 91.8 Å². The van der Waals surface area contributed by atoms with Gasteiger partial charge in [0.25, 0.3) is 0 Å². The van der Waals surface area contributed by atoms with Crippen LogP contribution in [0.4, 0.5) is 0 Å². The highest BCUT2D eigenvalue weighted by molar-refractivity contribution is 5.33. The van der Waals surface area contributed by atoms with Crippen molar-refractivity contribution in [3.8, 4) is 11.8 Å². The molecule has 1 aromatic rings. The molecule has 1 aromatic carbocycles. The van der Waals surface area contributed by atoms with Crippen molar-refractivity contribution < 1.29 is 4.74 Å². The lowest BCUT2D eigenvalue weighted by Crippen LogP contribution is -1.90. The van der Waals surface area contributed by atoms with Crippen molar-refractivity contribution in [2.75, 3.05) is 13.2 Å². The maximum Gasteiger partial charge on any atom is 0.108 e. The Kier molecular flexibility index (Phi) is 6.04. The predicted molar refractivity (Wildman–Crippen MR) is 63.6 cm³/mol. The molecule has 0 aliphatic carbocycles. The van der Waals surface area contributed by atoms with Crippen LogP contribution in [0.1, 0.15) is 18.9 Å². The predicted octanol–water partition coefficient (Wildman–Crippen LogP) is 3.02. The molecule has 0 radical (unpaired) electrons. The molecule has 0 fully saturated rings. The summed E-state index contributed by atoms with van der Waals surface area (Å²) in [6.45, 7) is 3.24. The molecule has 0 amide bonds. The van der Waals surface area contributed by atoms with Crippen LogP contribution in [0, 0.1) is 11.8 Å². The summed E-state index contributed by atoms with van der Waals surface area (Å²) in [5.41, 5.74) is 1.03.